The van der Waals surface area contributed by atoms with E-state index in [1.807, 2.05) is 36.4 Å². The van der Waals surface area contributed by atoms with Crippen LogP contribution in [0.25, 0.3) is 11.4 Å². The van der Waals surface area contributed by atoms with E-state index >= 15 is 0 Å². The maximum absolute atomic E-state index is 7.50. The standard InChI is InChI=1S/C10H8N2.3CO.Mn/c1-3-7-11-9(5-1)10-6-2-4-8-12-10;3*1-2;/h1-8H;;;;. The normalized spacial score (nSPS) is 6.42. The zero-order valence-electron chi connectivity index (χ0n) is 9.62. The topological polar surface area (TPSA) is 85.5 Å². The predicted molar refractivity (Wildman–Crippen MR) is 59.3 cm³/mol. The van der Waals surface area contributed by atoms with Crippen molar-refractivity contribution in [1.29, 1.82) is 0 Å². The molecule has 1 radical (unpaired) electrons. The summed E-state index contributed by atoms with van der Waals surface area (Å²) in [6.07, 6.45) is 3.54. The fourth-order valence-corrected chi connectivity index (χ4v) is 1.03. The van der Waals surface area contributed by atoms with Gasteiger partial charge in [-0.05, 0) is 24.3 Å². The van der Waals surface area contributed by atoms with E-state index in [1.54, 1.807) is 12.4 Å². The van der Waals surface area contributed by atoms with E-state index in [4.69, 9.17) is 14.0 Å². The Balaban J connectivity index is -0.000000325. The van der Waals surface area contributed by atoms with Crippen molar-refractivity contribution in [1.82, 2.24) is 9.97 Å². The SMILES string of the molecule is [C-]#[O+].[C-]#[O+].[C-]#[O+].[Mn].c1ccc(-c2ccccn2)nc1. The van der Waals surface area contributed by atoms with Crippen LogP contribution in [-0.2, 0) is 31.0 Å². The number of hydrogen-bond donors (Lipinski definition) is 0. The van der Waals surface area contributed by atoms with Gasteiger partial charge in [0.05, 0.1) is 11.4 Å². The largest absolute Gasteiger partial charge is 0.255 e. The maximum Gasteiger partial charge on any atom is 0.0886 e. The Kier molecular flexibility index (Phi) is 21.5. The molecule has 0 bridgehead atoms. The van der Waals surface area contributed by atoms with Gasteiger partial charge >= 0.3 is 33.9 Å². The van der Waals surface area contributed by atoms with Crippen molar-refractivity contribution in [3.63, 3.8) is 0 Å². The molecule has 6 heteroatoms. The van der Waals surface area contributed by atoms with Crippen molar-refractivity contribution in [2.75, 3.05) is 0 Å². The maximum atomic E-state index is 7.50. The zero-order valence-corrected chi connectivity index (χ0v) is 10.8. The van der Waals surface area contributed by atoms with Gasteiger partial charge in [0.15, 0.2) is 0 Å². The average Bonchev–Trinajstić information content (AvgIpc) is 2.55. The van der Waals surface area contributed by atoms with Crippen molar-refractivity contribution in [2.45, 2.75) is 0 Å². The fraction of sp³-hybridized carbons (Fsp3) is 0. The van der Waals surface area contributed by atoms with Crippen LogP contribution >= 0.6 is 0 Å². The van der Waals surface area contributed by atoms with Gasteiger partial charge in [-0.25, -0.2) is 0 Å². The molecule has 2 aromatic heterocycles. The van der Waals surface area contributed by atoms with Crippen LogP contribution in [0.5, 0.6) is 0 Å². The molecule has 5 nitrogen and oxygen atoms in total. The van der Waals surface area contributed by atoms with Crippen LogP contribution < -0.4 is 0 Å². The first-order valence-electron chi connectivity index (χ1n) is 4.40. The minimum atomic E-state index is 0. The van der Waals surface area contributed by atoms with Crippen LogP contribution in [0.3, 0.4) is 0 Å². The molecule has 0 saturated carbocycles. The predicted octanol–water partition coefficient (Wildman–Crippen LogP) is 2.03. The van der Waals surface area contributed by atoms with Gasteiger partial charge in [-0.15, -0.1) is 0 Å². The molecular weight excluding hydrogens is 287 g/mol. The molecule has 2 rings (SSSR count). The number of hydrogen-bond acceptors (Lipinski definition) is 2. The summed E-state index contributed by atoms with van der Waals surface area (Å²) in [5.74, 6) is 0. The molecule has 0 aliphatic heterocycles. The summed E-state index contributed by atoms with van der Waals surface area (Å²) >= 11 is 0. The van der Waals surface area contributed by atoms with Gasteiger partial charge in [0, 0.05) is 29.5 Å². The smallest absolute Gasteiger partial charge is 0.0886 e. The summed E-state index contributed by atoms with van der Waals surface area (Å²) in [4.78, 5) is 8.37. The van der Waals surface area contributed by atoms with E-state index in [0.717, 1.165) is 11.4 Å². The van der Waals surface area contributed by atoms with E-state index < -0.39 is 0 Å². The summed E-state index contributed by atoms with van der Waals surface area (Å²) in [7, 11) is 0. The molecule has 0 amide bonds. The van der Waals surface area contributed by atoms with Crippen LogP contribution in [0, 0.1) is 20.0 Å². The molecular formula is C13H8MnN2O3. The minimum Gasteiger partial charge on any atom is -0.255 e. The second-order valence-corrected chi connectivity index (χ2v) is 2.43. The third kappa shape index (κ3) is 9.72. The molecule has 95 valence electrons. The molecule has 0 atom stereocenters. The molecule has 0 aromatic carbocycles. The Labute approximate surface area is 121 Å². The Morgan fingerprint density at radius 2 is 0.947 bits per heavy atom. The molecule has 2 heterocycles. The molecule has 0 aliphatic rings. The Morgan fingerprint density at radius 3 is 1.16 bits per heavy atom. The Hall–Kier alpha value is -1.96. The van der Waals surface area contributed by atoms with E-state index in [9.17, 15) is 0 Å². The van der Waals surface area contributed by atoms with Crippen molar-refractivity contribution in [3.8, 4) is 11.4 Å². The number of nitrogens with zero attached hydrogens (tertiary/aromatic N) is 2. The summed E-state index contributed by atoms with van der Waals surface area (Å²) in [6.45, 7) is 13.5. The summed E-state index contributed by atoms with van der Waals surface area (Å²) < 4.78 is 22.5. The Bertz CT molecular complexity index is 418. The van der Waals surface area contributed by atoms with E-state index in [0.29, 0.717) is 0 Å². The number of aromatic nitrogens is 2. The van der Waals surface area contributed by atoms with Crippen molar-refractivity contribution < 1.29 is 31.0 Å². The molecule has 0 spiro atoms. The molecule has 0 unspecified atom stereocenters. The third-order valence-corrected chi connectivity index (χ3v) is 1.59. The molecule has 0 saturated heterocycles. The first-order valence-corrected chi connectivity index (χ1v) is 4.40. The van der Waals surface area contributed by atoms with Crippen molar-refractivity contribution >= 4 is 0 Å². The van der Waals surface area contributed by atoms with Gasteiger partial charge in [-0.1, -0.05) is 12.1 Å². The third-order valence-electron chi connectivity index (χ3n) is 1.59. The number of pyridine rings is 2. The van der Waals surface area contributed by atoms with E-state index in [2.05, 4.69) is 29.9 Å². The molecule has 19 heavy (non-hydrogen) atoms. The minimum absolute atomic E-state index is 0. The average molecular weight is 295 g/mol. The summed E-state index contributed by atoms with van der Waals surface area (Å²) in [5.41, 5.74) is 1.83. The molecule has 0 fully saturated rings. The fourth-order valence-electron chi connectivity index (χ4n) is 1.03. The zero-order chi connectivity index (χ0) is 14.2. The van der Waals surface area contributed by atoms with Gasteiger partial charge < -0.3 is 0 Å². The quantitative estimate of drug-likeness (QED) is 0.458. The van der Waals surface area contributed by atoms with Gasteiger partial charge in [-0.3, -0.25) is 9.97 Å². The molecule has 2 aromatic rings. The second-order valence-electron chi connectivity index (χ2n) is 2.43. The van der Waals surface area contributed by atoms with Gasteiger partial charge in [0.2, 0.25) is 0 Å². The van der Waals surface area contributed by atoms with Gasteiger partial charge in [0.25, 0.3) is 0 Å². The first-order chi connectivity index (χ1) is 8.97. The van der Waals surface area contributed by atoms with Gasteiger partial charge in [0.1, 0.15) is 0 Å². The summed E-state index contributed by atoms with van der Waals surface area (Å²) in [6, 6.07) is 11.6. The van der Waals surface area contributed by atoms with Gasteiger partial charge in [-0.2, -0.15) is 0 Å². The van der Waals surface area contributed by atoms with Crippen LogP contribution in [0.2, 0.25) is 0 Å². The van der Waals surface area contributed by atoms with Crippen LogP contribution in [0.1, 0.15) is 0 Å². The number of rotatable bonds is 1. The first kappa shape index (κ1) is 22.2. The molecule has 0 aliphatic carbocycles. The van der Waals surface area contributed by atoms with Crippen LogP contribution in [0.15, 0.2) is 48.8 Å². The monoisotopic (exact) mass is 295 g/mol. The van der Waals surface area contributed by atoms with Crippen molar-refractivity contribution in [2.24, 2.45) is 0 Å². The molecule has 0 N–H and O–H groups in total. The Morgan fingerprint density at radius 1 is 0.632 bits per heavy atom. The second kappa shape index (κ2) is 18.4. The van der Waals surface area contributed by atoms with E-state index in [-0.39, 0.29) is 17.1 Å². The van der Waals surface area contributed by atoms with Crippen LogP contribution in [-0.4, -0.2) is 9.97 Å². The van der Waals surface area contributed by atoms with E-state index in [1.165, 1.54) is 0 Å². The van der Waals surface area contributed by atoms with Crippen molar-refractivity contribution in [3.05, 3.63) is 68.7 Å². The summed E-state index contributed by atoms with van der Waals surface area (Å²) in [5, 5.41) is 0. The van der Waals surface area contributed by atoms with Crippen LogP contribution in [0.4, 0.5) is 0 Å².